The lowest BCUT2D eigenvalue weighted by atomic mass is 10.0. The molecule has 1 heterocycles. The molecule has 3 nitrogen and oxygen atoms in total. The quantitative estimate of drug-likeness (QED) is 0.854. The molecule has 1 aromatic rings. The maximum atomic E-state index is 5.82. The molecule has 0 spiro atoms. The summed E-state index contributed by atoms with van der Waals surface area (Å²) in [6.07, 6.45) is 2.18. The molecular weight excluding hydrogens is 284 g/mol. The van der Waals surface area contributed by atoms with Crippen molar-refractivity contribution in [3.8, 4) is 11.5 Å². The zero-order valence-corrected chi connectivity index (χ0v) is 11.5. The molecule has 0 aromatic heterocycles. The summed E-state index contributed by atoms with van der Waals surface area (Å²) < 4.78 is 17.2. The van der Waals surface area contributed by atoms with E-state index in [9.17, 15) is 0 Å². The highest BCUT2D eigenvalue weighted by atomic mass is 79.9. The zero-order chi connectivity index (χ0) is 12.1. The third kappa shape index (κ3) is 3.61. The molecule has 1 saturated heterocycles. The van der Waals surface area contributed by atoms with Crippen LogP contribution in [0.1, 0.15) is 12.8 Å². The second kappa shape index (κ2) is 6.26. The van der Waals surface area contributed by atoms with Gasteiger partial charge in [0.15, 0.2) is 0 Å². The molecule has 0 atom stereocenters. The van der Waals surface area contributed by atoms with Crippen LogP contribution in [0.15, 0.2) is 22.7 Å². The summed E-state index contributed by atoms with van der Waals surface area (Å²) in [5, 5.41) is 0. The highest BCUT2D eigenvalue weighted by molar-refractivity contribution is 9.10. The van der Waals surface area contributed by atoms with E-state index in [0.29, 0.717) is 5.92 Å². The van der Waals surface area contributed by atoms with Crippen molar-refractivity contribution in [2.24, 2.45) is 5.92 Å². The van der Waals surface area contributed by atoms with Crippen molar-refractivity contribution in [2.75, 3.05) is 26.9 Å². The lowest BCUT2D eigenvalue weighted by molar-refractivity contribution is 0.0496. The molecule has 0 radical (unpaired) electrons. The maximum Gasteiger partial charge on any atom is 0.133 e. The second-order valence-corrected chi connectivity index (χ2v) is 5.02. The smallest absolute Gasteiger partial charge is 0.133 e. The van der Waals surface area contributed by atoms with Gasteiger partial charge in [0, 0.05) is 13.2 Å². The van der Waals surface area contributed by atoms with Crippen molar-refractivity contribution < 1.29 is 14.2 Å². The average Bonchev–Trinajstić information content (AvgIpc) is 2.38. The molecule has 17 heavy (non-hydrogen) atoms. The molecule has 2 rings (SSSR count). The van der Waals surface area contributed by atoms with Crippen LogP contribution in [-0.2, 0) is 4.74 Å². The van der Waals surface area contributed by atoms with Crippen LogP contribution in [-0.4, -0.2) is 26.9 Å². The lowest BCUT2D eigenvalue weighted by Crippen LogP contribution is -2.21. The largest absolute Gasteiger partial charge is 0.497 e. The van der Waals surface area contributed by atoms with Gasteiger partial charge in [-0.3, -0.25) is 0 Å². The molecule has 0 aliphatic carbocycles. The molecule has 0 amide bonds. The van der Waals surface area contributed by atoms with Crippen LogP contribution in [0, 0.1) is 5.92 Å². The van der Waals surface area contributed by atoms with Crippen LogP contribution >= 0.6 is 15.9 Å². The number of methoxy groups -OCH3 is 1. The van der Waals surface area contributed by atoms with E-state index in [0.717, 1.165) is 48.6 Å². The minimum atomic E-state index is 0.609. The topological polar surface area (TPSA) is 27.7 Å². The van der Waals surface area contributed by atoms with E-state index in [1.54, 1.807) is 7.11 Å². The first-order valence-electron chi connectivity index (χ1n) is 5.83. The molecule has 0 N–H and O–H groups in total. The van der Waals surface area contributed by atoms with Crippen LogP contribution < -0.4 is 9.47 Å². The van der Waals surface area contributed by atoms with Crippen LogP contribution in [0.3, 0.4) is 0 Å². The van der Waals surface area contributed by atoms with E-state index in [4.69, 9.17) is 14.2 Å². The van der Waals surface area contributed by atoms with E-state index >= 15 is 0 Å². The Hall–Kier alpha value is -0.740. The average molecular weight is 301 g/mol. The lowest BCUT2D eigenvalue weighted by Gasteiger charge is -2.22. The van der Waals surface area contributed by atoms with E-state index < -0.39 is 0 Å². The fraction of sp³-hybridized carbons (Fsp3) is 0.538. The van der Waals surface area contributed by atoms with Crippen LogP contribution in [0.25, 0.3) is 0 Å². The third-order valence-electron chi connectivity index (χ3n) is 2.95. The molecule has 1 aliphatic heterocycles. The van der Waals surface area contributed by atoms with Gasteiger partial charge in [-0.05, 0) is 52.9 Å². The minimum absolute atomic E-state index is 0.609. The second-order valence-electron chi connectivity index (χ2n) is 4.16. The van der Waals surface area contributed by atoms with Gasteiger partial charge in [-0.15, -0.1) is 0 Å². The molecule has 1 aromatic carbocycles. The monoisotopic (exact) mass is 300 g/mol. The number of halogens is 1. The summed E-state index contributed by atoms with van der Waals surface area (Å²) in [6, 6.07) is 5.76. The van der Waals surface area contributed by atoms with Gasteiger partial charge in [-0.25, -0.2) is 0 Å². The minimum Gasteiger partial charge on any atom is -0.497 e. The van der Waals surface area contributed by atoms with Crippen LogP contribution in [0.2, 0.25) is 0 Å². The van der Waals surface area contributed by atoms with Gasteiger partial charge in [0.25, 0.3) is 0 Å². The zero-order valence-electron chi connectivity index (χ0n) is 9.95. The summed E-state index contributed by atoms with van der Waals surface area (Å²) in [5.74, 6) is 2.31. The van der Waals surface area contributed by atoms with Crippen molar-refractivity contribution in [1.29, 1.82) is 0 Å². The van der Waals surface area contributed by atoms with Gasteiger partial charge < -0.3 is 14.2 Å². The van der Waals surface area contributed by atoms with Crippen molar-refractivity contribution in [1.82, 2.24) is 0 Å². The standard InChI is InChI=1S/C13H17BrO3/c1-15-11-2-3-13(12(14)8-11)17-9-10-4-6-16-7-5-10/h2-3,8,10H,4-7,9H2,1H3. The molecule has 4 heteroatoms. The predicted molar refractivity (Wildman–Crippen MR) is 69.7 cm³/mol. The van der Waals surface area contributed by atoms with Crippen molar-refractivity contribution in [2.45, 2.75) is 12.8 Å². The van der Waals surface area contributed by atoms with Crippen molar-refractivity contribution >= 4 is 15.9 Å². The predicted octanol–water partition coefficient (Wildman–Crippen LogP) is 3.26. The molecular formula is C13H17BrO3. The van der Waals surface area contributed by atoms with Gasteiger partial charge in [0.2, 0.25) is 0 Å². The normalized spacial score (nSPS) is 16.8. The number of rotatable bonds is 4. The Morgan fingerprint density at radius 1 is 1.35 bits per heavy atom. The number of hydrogen-bond acceptors (Lipinski definition) is 3. The van der Waals surface area contributed by atoms with Crippen molar-refractivity contribution in [3.05, 3.63) is 22.7 Å². The SMILES string of the molecule is COc1ccc(OCC2CCOCC2)c(Br)c1. The molecule has 0 saturated carbocycles. The van der Waals surface area contributed by atoms with Gasteiger partial charge in [-0.1, -0.05) is 0 Å². The fourth-order valence-corrected chi connectivity index (χ4v) is 2.32. The Labute approximate surface area is 110 Å². The Morgan fingerprint density at radius 2 is 2.12 bits per heavy atom. The van der Waals surface area contributed by atoms with E-state index in [1.165, 1.54) is 0 Å². The number of hydrogen-bond donors (Lipinski definition) is 0. The highest BCUT2D eigenvalue weighted by Crippen LogP contribution is 2.30. The maximum absolute atomic E-state index is 5.82. The molecule has 0 unspecified atom stereocenters. The summed E-state index contributed by atoms with van der Waals surface area (Å²) >= 11 is 3.48. The number of ether oxygens (including phenoxy) is 3. The summed E-state index contributed by atoms with van der Waals surface area (Å²) in [5.41, 5.74) is 0. The van der Waals surface area contributed by atoms with Gasteiger partial charge in [0.1, 0.15) is 11.5 Å². The highest BCUT2D eigenvalue weighted by Gasteiger charge is 2.15. The Bertz CT molecular complexity index is 362. The van der Waals surface area contributed by atoms with Gasteiger partial charge >= 0.3 is 0 Å². The summed E-state index contributed by atoms with van der Waals surface area (Å²) in [6.45, 7) is 2.48. The number of benzene rings is 1. The molecule has 94 valence electrons. The Kier molecular flexibility index (Phi) is 4.68. The van der Waals surface area contributed by atoms with Crippen LogP contribution in [0.5, 0.6) is 11.5 Å². The summed E-state index contributed by atoms with van der Waals surface area (Å²) in [7, 11) is 1.66. The first-order chi connectivity index (χ1) is 8.29. The molecule has 1 fully saturated rings. The summed E-state index contributed by atoms with van der Waals surface area (Å²) in [4.78, 5) is 0. The molecule has 0 bridgehead atoms. The van der Waals surface area contributed by atoms with Gasteiger partial charge in [-0.2, -0.15) is 0 Å². The molecule has 1 aliphatic rings. The van der Waals surface area contributed by atoms with E-state index in [2.05, 4.69) is 15.9 Å². The third-order valence-corrected chi connectivity index (χ3v) is 3.57. The van der Waals surface area contributed by atoms with E-state index in [-0.39, 0.29) is 0 Å². The van der Waals surface area contributed by atoms with Gasteiger partial charge in [0.05, 0.1) is 18.2 Å². The fourth-order valence-electron chi connectivity index (χ4n) is 1.85. The van der Waals surface area contributed by atoms with Crippen LogP contribution in [0.4, 0.5) is 0 Å². The Balaban J connectivity index is 1.89. The van der Waals surface area contributed by atoms with E-state index in [1.807, 2.05) is 18.2 Å². The first-order valence-corrected chi connectivity index (χ1v) is 6.63. The Morgan fingerprint density at radius 3 is 2.76 bits per heavy atom. The van der Waals surface area contributed by atoms with Crippen molar-refractivity contribution in [3.63, 3.8) is 0 Å². The first kappa shape index (κ1) is 12.7.